The third-order valence-electron chi connectivity index (χ3n) is 4.75. The van der Waals surface area contributed by atoms with Crippen molar-refractivity contribution in [3.8, 4) is 0 Å². The van der Waals surface area contributed by atoms with Gasteiger partial charge in [-0.1, -0.05) is 42.5 Å². The molecule has 2 heterocycles. The Labute approximate surface area is 157 Å². The standard InChI is InChI=1S/C18H21ClN2OS2/c1-5-21-14-8-13(19)11(7-15-16(22)20-17(23)24-15)6-12(14)10(2)9-18(21,3)4/h6-8,10H,5,9H2,1-4H3,(H,20,22,23)/b15-7-. The quantitative estimate of drug-likeness (QED) is 0.581. The Morgan fingerprint density at radius 1 is 1.50 bits per heavy atom. The molecule has 0 radical (unpaired) electrons. The molecule has 1 aromatic carbocycles. The van der Waals surface area contributed by atoms with Crippen LogP contribution in [0.3, 0.4) is 0 Å². The summed E-state index contributed by atoms with van der Waals surface area (Å²) in [7, 11) is 0. The van der Waals surface area contributed by atoms with Crippen LogP contribution in [0.5, 0.6) is 0 Å². The zero-order chi connectivity index (χ0) is 17.6. The first-order valence-electron chi connectivity index (χ1n) is 8.09. The summed E-state index contributed by atoms with van der Waals surface area (Å²) >= 11 is 12.9. The summed E-state index contributed by atoms with van der Waals surface area (Å²) in [5.41, 5.74) is 3.48. The lowest BCUT2D eigenvalue weighted by molar-refractivity contribution is -0.115. The molecule has 1 amide bonds. The predicted molar refractivity (Wildman–Crippen MR) is 108 cm³/mol. The van der Waals surface area contributed by atoms with Gasteiger partial charge in [-0.2, -0.15) is 0 Å². The molecule has 3 rings (SSSR count). The Kier molecular flexibility index (Phi) is 4.71. The molecule has 0 saturated carbocycles. The van der Waals surface area contributed by atoms with E-state index in [-0.39, 0.29) is 11.4 Å². The Bertz CT molecular complexity index is 758. The highest BCUT2D eigenvalue weighted by molar-refractivity contribution is 8.26. The van der Waals surface area contributed by atoms with Crippen LogP contribution in [0.4, 0.5) is 5.69 Å². The largest absolute Gasteiger partial charge is 0.366 e. The molecule has 1 fully saturated rings. The van der Waals surface area contributed by atoms with Crippen molar-refractivity contribution in [2.75, 3.05) is 11.4 Å². The fourth-order valence-corrected chi connectivity index (χ4v) is 5.04. The number of amides is 1. The second-order valence-corrected chi connectivity index (χ2v) is 9.07. The number of carbonyl (C=O) groups is 1. The summed E-state index contributed by atoms with van der Waals surface area (Å²) in [6, 6.07) is 4.17. The second-order valence-electron chi connectivity index (χ2n) is 6.95. The van der Waals surface area contributed by atoms with Crippen LogP contribution in [0.2, 0.25) is 5.02 Å². The number of nitrogens with one attached hydrogen (secondary N) is 1. The van der Waals surface area contributed by atoms with Gasteiger partial charge in [0.05, 0.1) is 4.91 Å². The maximum atomic E-state index is 11.9. The molecule has 1 N–H and O–H groups in total. The van der Waals surface area contributed by atoms with Gasteiger partial charge in [-0.25, -0.2) is 0 Å². The number of benzene rings is 1. The third-order valence-corrected chi connectivity index (χ3v) is 6.24. The van der Waals surface area contributed by atoms with Gasteiger partial charge in [0.25, 0.3) is 5.91 Å². The van der Waals surface area contributed by atoms with Gasteiger partial charge in [0.15, 0.2) is 0 Å². The first-order chi connectivity index (χ1) is 11.2. The monoisotopic (exact) mass is 380 g/mol. The summed E-state index contributed by atoms with van der Waals surface area (Å²) in [6.45, 7) is 9.92. The van der Waals surface area contributed by atoms with Gasteiger partial charge in [0.1, 0.15) is 4.32 Å². The molecular weight excluding hydrogens is 360 g/mol. The van der Waals surface area contributed by atoms with E-state index in [9.17, 15) is 4.79 Å². The minimum Gasteiger partial charge on any atom is -0.366 e. The van der Waals surface area contributed by atoms with Crippen LogP contribution in [-0.2, 0) is 4.79 Å². The molecule has 1 aromatic rings. The highest BCUT2D eigenvalue weighted by Crippen LogP contribution is 2.45. The molecule has 128 valence electrons. The maximum absolute atomic E-state index is 11.9. The molecule has 1 atom stereocenters. The van der Waals surface area contributed by atoms with Crippen molar-refractivity contribution in [3.05, 3.63) is 33.2 Å². The maximum Gasteiger partial charge on any atom is 0.263 e. The first kappa shape index (κ1) is 17.8. The van der Waals surface area contributed by atoms with Crippen molar-refractivity contribution in [1.82, 2.24) is 5.32 Å². The van der Waals surface area contributed by atoms with Gasteiger partial charge in [-0.3, -0.25) is 4.79 Å². The normalized spacial score (nSPS) is 24.3. The number of hydrogen-bond acceptors (Lipinski definition) is 4. The second kappa shape index (κ2) is 6.36. The Balaban J connectivity index is 2.08. The van der Waals surface area contributed by atoms with E-state index in [1.165, 1.54) is 23.0 Å². The van der Waals surface area contributed by atoms with Crippen LogP contribution >= 0.6 is 35.6 Å². The fraction of sp³-hybridized carbons (Fsp3) is 0.444. The molecule has 0 spiro atoms. The highest BCUT2D eigenvalue weighted by Gasteiger charge is 2.36. The lowest BCUT2D eigenvalue weighted by Gasteiger charge is -2.47. The summed E-state index contributed by atoms with van der Waals surface area (Å²) < 4.78 is 0.493. The van der Waals surface area contributed by atoms with E-state index in [1.807, 2.05) is 12.1 Å². The third kappa shape index (κ3) is 3.09. The number of nitrogens with zero attached hydrogens (tertiary/aromatic N) is 1. The number of carbonyl (C=O) groups excluding carboxylic acids is 1. The zero-order valence-electron chi connectivity index (χ0n) is 14.3. The van der Waals surface area contributed by atoms with Crippen molar-refractivity contribution in [3.63, 3.8) is 0 Å². The number of thioether (sulfide) groups is 1. The summed E-state index contributed by atoms with van der Waals surface area (Å²) in [5, 5.41) is 3.30. The summed E-state index contributed by atoms with van der Waals surface area (Å²) in [6.07, 6.45) is 2.93. The van der Waals surface area contributed by atoms with E-state index in [0.717, 1.165) is 18.5 Å². The van der Waals surface area contributed by atoms with E-state index in [1.54, 1.807) is 0 Å². The molecule has 2 aliphatic heterocycles. The minimum absolute atomic E-state index is 0.109. The zero-order valence-corrected chi connectivity index (χ0v) is 16.7. The number of anilines is 1. The van der Waals surface area contributed by atoms with E-state index in [0.29, 0.717) is 20.2 Å². The van der Waals surface area contributed by atoms with Crippen LogP contribution in [-0.4, -0.2) is 22.3 Å². The number of fused-ring (bicyclic) bond motifs is 1. The molecule has 1 unspecified atom stereocenters. The van der Waals surface area contributed by atoms with Crippen molar-refractivity contribution < 1.29 is 4.79 Å². The minimum atomic E-state index is -0.150. The van der Waals surface area contributed by atoms with Gasteiger partial charge in [-0.05, 0) is 62.4 Å². The van der Waals surface area contributed by atoms with Crippen LogP contribution in [0.1, 0.15) is 51.2 Å². The smallest absolute Gasteiger partial charge is 0.263 e. The van der Waals surface area contributed by atoms with E-state index in [4.69, 9.17) is 23.8 Å². The Hall–Kier alpha value is -1.04. The molecule has 1 saturated heterocycles. The summed E-state index contributed by atoms with van der Waals surface area (Å²) in [4.78, 5) is 14.9. The van der Waals surface area contributed by atoms with Crippen molar-refractivity contribution in [2.24, 2.45) is 0 Å². The number of halogens is 1. The van der Waals surface area contributed by atoms with Crippen molar-refractivity contribution in [2.45, 2.75) is 45.6 Å². The van der Waals surface area contributed by atoms with Crippen LogP contribution < -0.4 is 10.2 Å². The van der Waals surface area contributed by atoms with Gasteiger partial charge in [0.2, 0.25) is 0 Å². The predicted octanol–water partition coefficient (Wildman–Crippen LogP) is 4.94. The van der Waals surface area contributed by atoms with E-state index < -0.39 is 0 Å². The van der Waals surface area contributed by atoms with Crippen LogP contribution in [0, 0.1) is 0 Å². The lowest BCUT2D eigenvalue weighted by Crippen LogP contribution is -2.48. The molecule has 24 heavy (non-hydrogen) atoms. The van der Waals surface area contributed by atoms with Gasteiger partial charge in [0, 0.05) is 22.8 Å². The number of rotatable bonds is 2. The van der Waals surface area contributed by atoms with Crippen LogP contribution in [0.15, 0.2) is 17.0 Å². The SMILES string of the molecule is CCN1c2cc(Cl)c(/C=C3\SC(=S)NC3=O)cc2C(C)CC1(C)C. The van der Waals surface area contributed by atoms with Crippen LogP contribution in [0.25, 0.3) is 6.08 Å². The van der Waals surface area contributed by atoms with Gasteiger partial charge < -0.3 is 10.2 Å². The van der Waals surface area contributed by atoms with Gasteiger partial charge in [-0.15, -0.1) is 0 Å². The fourth-order valence-electron chi connectivity index (χ4n) is 3.79. The van der Waals surface area contributed by atoms with Gasteiger partial charge >= 0.3 is 0 Å². The average molecular weight is 381 g/mol. The van der Waals surface area contributed by atoms with E-state index in [2.05, 4.69) is 44.0 Å². The molecule has 0 aliphatic carbocycles. The Morgan fingerprint density at radius 3 is 2.79 bits per heavy atom. The van der Waals surface area contributed by atoms with Crippen molar-refractivity contribution in [1.29, 1.82) is 0 Å². The summed E-state index contributed by atoms with van der Waals surface area (Å²) in [5.74, 6) is 0.293. The molecule has 6 heteroatoms. The molecule has 0 bridgehead atoms. The molecule has 3 nitrogen and oxygen atoms in total. The molecule has 2 aliphatic rings. The topological polar surface area (TPSA) is 32.3 Å². The number of thiocarbonyl (C=S) groups is 1. The highest BCUT2D eigenvalue weighted by atomic mass is 35.5. The molecule has 0 aromatic heterocycles. The number of hydrogen-bond donors (Lipinski definition) is 1. The first-order valence-corrected chi connectivity index (χ1v) is 9.69. The Morgan fingerprint density at radius 2 is 2.21 bits per heavy atom. The average Bonchev–Trinajstić information content (AvgIpc) is 2.78. The van der Waals surface area contributed by atoms with E-state index >= 15 is 0 Å². The van der Waals surface area contributed by atoms with Crippen molar-refractivity contribution >= 4 is 57.6 Å². The molecular formula is C18H21ClN2OS2. The lowest BCUT2D eigenvalue weighted by atomic mass is 9.79.